The molecule has 4 atom stereocenters. The van der Waals surface area contributed by atoms with Crippen LogP contribution in [0.5, 0.6) is 5.75 Å². The van der Waals surface area contributed by atoms with Crippen LogP contribution < -0.4 is 4.74 Å². The summed E-state index contributed by atoms with van der Waals surface area (Å²) >= 11 is 0. The summed E-state index contributed by atoms with van der Waals surface area (Å²) in [5, 5.41) is 10.7. The van der Waals surface area contributed by atoms with Gasteiger partial charge in [-0.25, -0.2) is 4.79 Å². The van der Waals surface area contributed by atoms with E-state index in [-0.39, 0.29) is 12.1 Å². The molecule has 1 N–H and O–H groups in total. The van der Waals surface area contributed by atoms with Crippen molar-refractivity contribution >= 4 is 5.97 Å². The molecule has 1 saturated carbocycles. The summed E-state index contributed by atoms with van der Waals surface area (Å²) in [4.78, 5) is 14.3. The molecule has 0 radical (unpaired) electrons. The number of aryl methyl sites for hydroxylation is 2. The van der Waals surface area contributed by atoms with Gasteiger partial charge in [-0.2, -0.15) is 0 Å². The first kappa shape index (κ1) is 20.9. The molecule has 160 valence electrons. The highest BCUT2D eigenvalue weighted by Crippen LogP contribution is 2.38. The maximum Gasteiger partial charge on any atom is 0.337 e. The van der Waals surface area contributed by atoms with Crippen molar-refractivity contribution in [1.29, 1.82) is 0 Å². The minimum Gasteiger partial charge on any atom is -0.488 e. The minimum absolute atomic E-state index is 0.250. The highest BCUT2D eigenvalue weighted by Gasteiger charge is 2.42. The van der Waals surface area contributed by atoms with E-state index in [1.807, 2.05) is 6.07 Å². The van der Waals surface area contributed by atoms with Gasteiger partial charge >= 0.3 is 5.97 Å². The standard InChI is InChI=1S/C25H31NO4/c1-16-7-8-17(2)19(9-16)13-26-14-20-11-23(27)24(12-21(20)15-26)30-22-6-4-5-18(10-22)25(28)29-3/h4-10,20-21,23-24,27H,11-15H2,1-3H3/t20-,21+,23+,24+/m0/s1. The summed E-state index contributed by atoms with van der Waals surface area (Å²) in [6.07, 6.45) is 0.848. The zero-order chi connectivity index (χ0) is 21.3. The average molecular weight is 410 g/mol. The number of likely N-dealkylation sites (tertiary alicyclic amines) is 1. The number of ether oxygens (including phenoxy) is 2. The van der Waals surface area contributed by atoms with Gasteiger partial charge in [0, 0.05) is 19.6 Å². The molecule has 1 saturated heterocycles. The Morgan fingerprint density at radius 1 is 1.10 bits per heavy atom. The Bertz CT molecular complexity index is 912. The fourth-order valence-corrected chi connectivity index (χ4v) is 4.94. The van der Waals surface area contributed by atoms with Crippen LogP contribution in [-0.4, -0.2) is 48.4 Å². The highest BCUT2D eigenvalue weighted by atomic mass is 16.5. The summed E-state index contributed by atoms with van der Waals surface area (Å²) in [6.45, 7) is 7.34. The largest absolute Gasteiger partial charge is 0.488 e. The maximum absolute atomic E-state index is 11.8. The SMILES string of the molecule is COC(=O)c1cccc(O[C@@H]2C[C@@H]3CN(Cc4cc(C)ccc4C)C[C@@H]3C[C@H]2O)c1. The molecular weight excluding hydrogens is 378 g/mol. The number of rotatable bonds is 5. The van der Waals surface area contributed by atoms with Crippen molar-refractivity contribution in [2.75, 3.05) is 20.2 Å². The number of esters is 1. The molecule has 4 rings (SSSR count). The van der Waals surface area contributed by atoms with Crippen molar-refractivity contribution in [2.45, 2.75) is 45.4 Å². The van der Waals surface area contributed by atoms with Crippen LogP contribution in [0.15, 0.2) is 42.5 Å². The molecule has 2 aliphatic rings. The van der Waals surface area contributed by atoms with Gasteiger partial charge in [0.15, 0.2) is 0 Å². The molecule has 1 heterocycles. The van der Waals surface area contributed by atoms with Crippen molar-refractivity contribution in [3.05, 3.63) is 64.7 Å². The normalized spacial score (nSPS) is 26.3. The summed E-state index contributed by atoms with van der Waals surface area (Å²) in [6, 6.07) is 13.6. The molecule has 5 nitrogen and oxygen atoms in total. The van der Waals surface area contributed by atoms with Crippen LogP contribution in [-0.2, 0) is 11.3 Å². The van der Waals surface area contributed by atoms with Gasteiger partial charge in [-0.1, -0.05) is 29.8 Å². The number of aliphatic hydroxyl groups is 1. The maximum atomic E-state index is 11.8. The van der Waals surface area contributed by atoms with Crippen LogP contribution in [0.1, 0.15) is 39.9 Å². The fraction of sp³-hybridized carbons (Fsp3) is 0.480. The molecule has 5 heteroatoms. The van der Waals surface area contributed by atoms with Crippen LogP contribution in [0.25, 0.3) is 0 Å². The topological polar surface area (TPSA) is 59.0 Å². The Labute approximate surface area is 178 Å². The van der Waals surface area contributed by atoms with Crippen molar-refractivity contribution in [1.82, 2.24) is 4.90 Å². The Hall–Kier alpha value is -2.37. The lowest BCUT2D eigenvalue weighted by Gasteiger charge is -2.35. The number of nitrogens with zero attached hydrogens (tertiary/aromatic N) is 1. The van der Waals surface area contributed by atoms with Crippen LogP contribution in [0.2, 0.25) is 0 Å². The van der Waals surface area contributed by atoms with Crippen molar-refractivity contribution in [3.8, 4) is 5.75 Å². The van der Waals surface area contributed by atoms with Gasteiger partial charge in [0.05, 0.1) is 18.8 Å². The molecular formula is C25H31NO4. The first-order valence-electron chi connectivity index (χ1n) is 10.7. The second kappa shape index (κ2) is 8.78. The Morgan fingerprint density at radius 3 is 2.63 bits per heavy atom. The van der Waals surface area contributed by atoms with E-state index >= 15 is 0 Å². The number of carbonyl (C=O) groups excluding carboxylic acids is 1. The Balaban J connectivity index is 1.40. The number of methoxy groups -OCH3 is 1. The zero-order valence-electron chi connectivity index (χ0n) is 18.0. The second-order valence-electron chi connectivity index (χ2n) is 8.86. The molecule has 2 fully saturated rings. The van der Waals surface area contributed by atoms with E-state index in [0.717, 1.165) is 32.5 Å². The van der Waals surface area contributed by atoms with Crippen LogP contribution >= 0.6 is 0 Å². The molecule has 0 amide bonds. The first-order chi connectivity index (χ1) is 14.4. The van der Waals surface area contributed by atoms with E-state index in [1.54, 1.807) is 18.2 Å². The summed E-state index contributed by atoms with van der Waals surface area (Å²) in [5.74, 6) is 1.24. The highest BCUT2D eigenvalue weighted by molar-refractivity contribution is 5.89. The van der Waals surface area contributed by atoms with Gasteiger partial charge in [-0.15, -0.1) is 0 Å². The van der Waals surface area contributed by atoms with Crippen molar-refractivity contribution in [3.63, 3.8) is 0 Å². The van der Waals surface area contributed by atoms with Gasteiger partial charge in [-0.05, 0) is 67.9 Å². The number of fused-ring (bicyclic) bond motifs is 1. The van der Waals surface area contributed by atoms with Crippen LogP contribution in [0.3, 0.4) is 0 Å². The van der Waals surface area contributed by atoms with Gasteiger partial charge in [0.25, 0.3) is 0 Å². The number of aliphatic hydroxyl groups excluding tert-OH is 1. The molecule has 0 bridgehead atoms. The lowest BCUT2D eigenvalue weighted by Crippen LogP contribution is -2.42. The fourth-order valence-electron chi connectivity index (χ4n) is 4.94. The van der Waals surface area contributed by atoms with Gasteiger partial charge in [-0.3, -0.25) is 4.90 Å². The third kappa shape index (κ3) is 4.52. The van der Waals surface area contributed by atoms with Gasteiger partial charge in [0.1, 0.15) is 11.9 Å². The number of benzene rings is 2. The average Bonchev–Trinajstić information content (AvgIpc) is 3.11. The van der Waals surface area contributed by atoms with Crippen molar-refractivity contribution in [2.24, 2.45) is 11.8 Å². The second-order valence-corrected chi connectivity index (χ2v) is 8.86. The summed E-state index contributed by atoms with van der Waals surface area (Å²) in [7, 11) is 1.37. The van der Waals surface area contributed by atoms with E-state index in [9.17, 15) is 9.90 Å². The quantitative estimate of drug-likeness (QED) is 0.763. The number of carbonyl (C=O) groups is 1. The van der Waals surface area contributed by atoms with Crippen LogP contribution in [0, 0.1) is 25.7 Å². The van der Waals surface area contributed by atoms with E-state index in [4.69, 9.17) is 9.47 Å². The minimum atomic E-state index is -0.492. The smallest absolute Gasteiger partial charge is 0.337 e. The Kier molecular flexibility index (Phi) is 6.11. The van der Waals surface area contributed by atoms with Crippen molar-refractivity contribution < 1.29 is 19.4 Å². The molecule has 1 aliphatic heterocycles. The molecule has 2 aromatic carbocycles. The molecule has 30 heavy (non-hydrogen) atoms. The lowest BCUT2D eigenvalue weighted by molar-refractivity contribution is -0.0231. The zero-order valence-corrected chi connectivity index (χ0v) is 18.0. The third-order valence-electron chi connectivity index (χ3n) is 6.60. The Morgan fingerprint density at radius 2 is 1.87 bits per heavy atom. The number of hydrogen-bond acceptors (Lipinski definition) is 5. The van der Waals surface area contributed by atoms with Gasteiger partial charge in [0.2, 0.25) is 0 Å². The molecule has 0 unspecified atom stereocenters. The van der Waals surface area contributed by atoms with E-state index in [2.05, 4.69) is 36.9 Å². The van der Waals surface area contributed by atoms with Gasteiger partial charge < -0.3 is 14.6 Å². The molecule has 0 aromatic heterocycles. The monoisotopic (exact) mass is 409 g/mol. The van der Waals surface area contributed by atoms with Crippen LogP contribution in [0.4, 0.5) is 0 Å². The molecule has 1 aliphatic carbocycles. The lowest BCUT2D eigenvalue weighted by atomic mass is 9.78. The van der Waals surface area contributed by atoms with E-state index in [1.165, 1.54) is 23.8 Å². The third-order valence-corrected chi connectivity index (χ3v) is 6.60. The predicted octanol–water partition coefficient (Wildman–Crippen LogP) is 3.74. The summed E-state index contributed by atoms with van der Waals surface area (Å²) in [5.41, 5.74) is 4.48. The van der Waals surface area contributed by atoms with E-state index in [0.29, 0.717) is 23.1 Å². The summed E-state index contributed by atoms with van der Waals surface area (Å²) < 4.78 is 10.9. The predicted molar refractivity (Wildman–Crippen MR) is 116 cm³/mol. The molecule has 0 spiro atoms. The first-order valence-corrected chi connectivity index (χ1v) is 10.7. The van der Waals surface area contributed by atoms with E-state index < -0.39 is 6.10 Å². The molecule has 2 aromatic rings. The number of hydrogen-bond donors (Lipinski definition) is 1.